The molecule has 1 aliphatic rings. The second-order valence-electron chi connectivity index (χ2n) is 4.27. The van der Waals surface area contributed by atoms with Crippen molar-refractivity contribution in [3.8, 4) is 5.75 Å². The van der Waals surface area contributed by atoms with Crippen LogP contribution in [0.2, 0.25) is 0 Å². The Kier molecular flexibility index (Phi) is 4.31. The van der Waals surface area contributed by atoms with Gasteiger partial charge < -0.3 is 14.4 Å². The molecule has 0 spiro atoms. The molecule has 1 aliphatic heterocycles. The van der Waals surface area contributed by atoms with Crippen LogP contribution in [-0.2, 0) is 9.53 Å². The molecule has 6 heteroatoms. The molecule has 1 saturated heterocycles. The number of hydrogen-bond donors (Lipinski definition) is 0. The summed E-state index contributed by atoms with van der Waals surface area (Å²) in [4.78, 5) is 13.6. The van der Waals surface area contributed by atoms with Crippen molar-refractivity contribution in [3.63, 3.8) is 0 Å². The van der Waals surface area contributed by atoms with E-state index in [4.69, 9.17) is 9.47 Å². The van der Waals surface area contributed by atoms with Gasteiger partial charge in [-0.25, -0.2) is 8.78 Å². The summed E-state index contributed by atoms with van der Waals surface area (Å²) in [5.74, 6) is -1.86. The maximum atomic E-state index is 13.4. The first kappa shape index (κ1) is 13.7. The Bertz CT molecular complexity index is 461. The van der Waals surface area contributed by atoms with Crippen LogP contribution in [0.1, 0.15) is 6.92 Å². The highest BCUT2D eigenvalue weighted by Gasteiger charge is 2.24. The summed E-state index contributed by atoms with van der Waals surface area (Å²) in [6.45, 7) is 3.52. The van der Waals surface area contributed by atoms with E-state index < -0.39 is 17.7 Å². The lowest BCUT2D eigenvalue weighted by atomic mass is 10.3. The van der Waals surface area contributed by atoms with E-state index in [1.165, 1.54) is 6.07 Å². The van der Waals surface area contributed by atoms with E-state index in [2.05, 4.69) is 0 Å². The van der Waals surface area contributed by atoms with Crippen LogP contribution in [0.4, 0.5) is 8.78 Å². The molecule has 1 unspecified atom stereocenters. The van der Waals surface area contributed by atoms with Gasteiger partial charge in [-0.1, -0.05) is 0 Å². The van der Waals surface area contributed by atoms with Gasteiger partial charge in [-0.15, -0.1) is 0 Å². The largest absolute Gasteiger partial charge is 0.478 e. The van der Waals surface area contributed by atoms with Crippen molar-refractivity contribution in [1.82, 2.24) is 4.90 Å². The van der Waals surface area contributed by atoms with Crippen LogP contribution in [0.25, 0.3) is 0 Å². The summed E-state index contributed by atoms with van der Waals surface area (Å²) in [7, 11) is 0. The zero-order valence-electron chi connectivity index (χ0n) is 10.6. The fraction of sp³-hybridized carbons (Fsp3) is 0.462. The normalized spacial score (nSPS) is 17.1. The third kappa shape index (κ3) is 3.41. The molecule has 0 N–H and O–H groups in total. The molecule has 4 nitrogen and oxygen atoms in total. The quantitative estimate of drug-likeness (QED) is 0.838. The standard InChI is InChI=1S/C13H15F2NO3/c1-9(13(17)16-4-6-18-7-5-16)19-12-3-2-10(14)8-11(12)15/h2-3,8-9H,4-7H2,1H3. The molecular formula is C13H15F2NO3. The summed E-state index contributed by atoms with van der Waals surface area (Å²) in [5, 5.41) is 0. The Morgan fingerprint density at radius 1 is 1.37 bits per heavy atom. The number of benzene rings is 1. The second kappa shape index (κ2) is 5.97. The topological polar surface area (TPSA) is 38.8 Å². The van der Waals surface area contributed by atoms with E-state index in [9.17, 15) is 13.6 Å². The summed E-state index contributed by atoms with van der Waals surface area (Å²) >= 11 is 0. The van der Waals surface area contributed by atoms with Crippen molar-refractivity contribution >= 4 is 5.91 Å². The number of hydrogen-bond acceptors (Lipinski definition) is 3. The molecular weight excluding hydrogens is 256 g/mol. The third-order valence-electron chi connectivity index (χ3n) is 2.87. The van der Waals surface area contributed by atoms with Gasteiger partial charge in [0.15, 0.2) is 17.7 Å². The second-order valence-corrected chi connectivity index (χ2v) is 4.27. The summed E-state index contributed by atoms with van der Waals surface area (Å²) in [5.41, 5.74) is 0. The van der Waals surface area contributed by atoms with Gasteiger partial charge in [0.05, 0.1) is 13.2 Å². The molecule has 0 aliphatic carbocycles. The lowest BCUT2D eigenvalue weighted by Crippen LogP contribution is -2.46. The molecule has 1 amide bonds. The number of halogens is 2. The van der Waals surface area contributed by atoms with Gasteiger partial charge in [0.2, 0.25) is 0 Å². The van der Waals surface area contributed by atoms with E-state index in [-0.39, 0.29) is 11.7 Å². The fourth-order valence-corrected chi connectivity index (χ4v) is 1.85. The van der Waals surface area contributed by atoms with Gasteiger partial charge in [-0.2, -0.15) is 0 Å². The van der Waals surface area contributed by atoms with E-state index in [0.717, 1.165) is 12.1 Å². The number of morpholine rings is 1. The van der Waals surface area contributed by atoms with Crippen LogP contribution in [0.5, 0.6) is 5.75 Å². The van der Waals surface area contributed by atoms with Gasteiger partial charge in [0.25, 0.3) is 5.91 Å². The molecule has 1 aromatic carbocycles. The highest BCUT2D eigenvalue weighted by Crippen LogP contribution is 2.19. The number of nitrogens with zero attached hydrogens (tertiary/aromatic N) is 1. The fourth-order valence-electron chi connectivity index (χ4n) is 1.85. The molecule has 1 heterocycles. The first-order valence-electron chi connectivity index (χ1n) is 6.06. The van der Waals surface area contributed by atoms with Crippen molar-refractivity contribution in [3.05, 3.63) is 29.8 Å². The zero-order chi connectivity index (χ0) is 13.8. The van der Waals surface area contributed by atoms with Crippen molar-refractivity contribution in [2.75, 3.05) is 26.3 Å². The molecule has 0 saturated carbocycles. The summed E-state index contributed by atoms with van der Waals surface area (Å²) < 4.78 is 36.5. The highest BCUT2D eigenvalue weighted by atomic mass is 19.1. The van der Waals surface area contributed by atoms with E-state index in [0.29, 0.717) is 26.3 Å². The smallest absolute Gasteiger partial charge is 0.263 e. The number of ether oxygens (including phenoxy) is 2. The number of rotatable bonds is 3. The Hall–Kier alpha value is -1.69. The third-order valence-corrected chi connectivity index (χ3v) is 2.87. The first-order chi connectivity index (χ1) is 9.08. The number of amides is 1. The van der Waals surface area contributed by atoms with E-state index in [1.54, 1.807) is 11.8 Å². The molecule has 0 radical (unpaired) electrons. The molecule has 19 heavy (non-hydrogen) atoms. The maximum Gasteiger partial charge on any atom is 0.263 e. The van der Waals surface area contributed by atoms with Gasteiger partial charge in [0, 0.05) is 19.2 Å². The SMILES string of the molecule is CC(Oc1ccc(F)cc1F)C(=O)N1CCOCC1. The van der Waals surface area contributed by atoms with Gasteiger partial charge in [-0.05, 0) is 19.1 Å². The van der Waals surface area contributed by atoms with E-state index >= 15 is 0 Å². The van der Waals surface area contributed by atoms with Crippen LogP contribution in [0, 0.1) is 11.6 Å². The maximum absolute atomic E-state index is 13.4. The number of carbonyl (C=O) groups excluding carboxylic acids is 1. The molecule has 1 fully saturated rings. The molecule has 0 bridgehead atoms. The summed E-state index contributed by atoms with van der Waals surface area (Å²) in [6, 6.07) is 2.99. The Labute approximate surface area is 109 Å². The first-order valence-corrected chi connectivity index (χ1v) is 6.06. The minimum Gasteiger partial charge on any atom is -0.478 e. The molecule has 1 aromatic rings. The molecule has 0 aromatic heterocycles. The monoisotopic (exact) mass is 271 g/mol. The van der Waals surface area contributed by atoms with Crippen LogP contribution in [0.3, 0.4) is 0 Å². The Morgan fingerprint density at radius 3 is 2.68 bits per heavy atom. The van der Waals surface area contributed by atoms with Crippen molar-refractivity contribution in [2.45, 2.75) is 13.0 Å². The highest BCUT2D eigenvalue weighted by molar-refractivity contribution is 5.81. The average molecular weight is 271 g/mol. The van der Waals surface area contributed by atoms with Gasteiger partial charge in [0.1, 0.15) is 5.82 Å². The lowest BCUT2D eigenvalue weighted by Gasteiger charge is -2.29. The van der Waals surface area contributed by atoms with Crippen LogP contribution in [-0.4, -0.2) is 43.2 Å². The van der Waals surface area contributed by atoms with Crippen molar-refractivity contribution in [2.24, 2.45) is 0 Å². The predicted molar refractivity (Wildman–Crippen MR) is 63.8 cm³/mol. The minimum absolute atomic E-state index is 0.129. The zero-order valence-corrected chi connectivity index (χ0v) is 10.6. The van der Waals surface area contributed by atoms with Crippen molar-refractivity contribution < 1.29 is 23.0 Å². The Balaban J connectivity index is 1.99. The average Bonchev–Trinajstić information content (AvgIpc) is 2.42. The molecule has 2 rings (SSSR count). The van der Waals surface area contributed by atoms with Crippen LogP contribution < -0.4 is 4.74 Å². The van der Waals surface area contributed by atoms with E-state index in [1.807, 2.05) is 0 Å². The Morgan fingerprint density at radius 2 is 2.05 bits per heavy atom. The van der Waals surface area contributed by atoms with Gasteiger partial charge >= 0.3 is 0 Å². The predicted octanol–water partition coefficient (Wildman–Crippen LogP) is 1.59. The minimum atomic E-state index is -0.821. The number of carbonyl (C=O) groups is 1. The summed E-state index contributed by atoms with van der Waals surface area (Å²) in [6.07, 6.45) is -0.821. The van der Waals surface area contributed by atoms with Crippen molar-refractivity contribution in [1.29, 1.82) is 0 Å². The van der Waals surface area contributed by atoms with Crippen LogP contribution in [0.15, 0.2) is 18.2 Å². The molecule has 104 valence electrons. The van der Waals surface area contributed by atoms with Crippen LogP contribution >= 0.6 is 0 Å². The lowest BCUT2D eigenvalue weighted by molar-refractivity contribution is -0.142. The van der Waals surface area contributed by atoms with Gasteiger partial charge in [-0.3, -0.25) is 4.79 Å². The molecule has 1 atom stereocenters.